The second kappa shape index (κ2) is 5.22. The Morgan fingerprint density at radius 3 is 2.95 bits per heavy atom. The maximum absolute atomic E-state index is 5.65. The molecule has 0 aliphatic heterocycles. The topological polar surface area (TPSA) is 27.3 Å². The fourth-order valence-corrected chi connectivity index (χ4v) is 2.20. The summed E-state index contributed by atoms with van der Waals surface area (Å²) in [4.78, 5) is 0. The van der Waals surface area contributed by atoms with E-state index in [1.807, 2.05) is 18.2 Å². The van der Waals surface area contributed by atoms with E-state index in [2.05, 4.69) is 35.9 Å². The van der Waals surface area contributed by atoms with E-state index < -0.39 is 0 Å². The molecule has 0 aliphatic carbocycles. The molecule has 0 atom stereocenters. The van der Waals surface area contributed by atoms with Gasteiger partial charge in [0.15, 0.2) is 0 Å². The van der Waals surface area contributed by atoms with Crippen molar-refractivity contribution < 1.29 is 9.15 Å². The molecule has 0 fully saturated rings. The van der Waals surface area contributed by atoms with Gasteiger partial charge in [0.05, 0.1) is 19.4 Å². The molecule has 98 valence electrons. The Morgan fingerprint density at radius 1 is 1.21 bits per heavy atom. The largest absolute Gasteiger partial charge is 0.494 e. The first-order chi connectivity index (χ1) is 9.36. The number of hydrogen-bond donors (Lipinski definition) is 0. The van der Waals surface area contributed by atoms with Gasteiger partial charge < -0.3 is 13.7 Å². The number of nitrogens with zero attached hydrogens (tertiary/aromatic N) is 1. The van der Waals surface area contributed by atoms with Gasteiger partial charge in [0, 0.05) is 17.1 Å². The molecule has 3 heteroatoms. The summed E-state index contributed by atoms with van der Waals surface area (Å²) >= 11 is 0. The Kier molecular flexibility index (Phi) is 3.27. The fraction of sp³-hybridized carbons (Fsp3) is 0.250. The van der Waals surface area contributed by atoms with Crippen LogP contribution in [0.5, 0.6) is 5.75 Å². The average Bonchev–Trinajstić information content (AvgIpc) is 3.07. The number of fused-ring (bicyclic) bond motifs is 1. The SMILES string of the molecule is CCCOc1ccc2c(ccn2Cc2ccco2)c1. The number of rotatable bonds is 5. The van der Waals surface area contributed by atoms with E-state index in [1.165, 1.54) is 10.9 Å². The van der Waals surface area contributed by atoms with Crippen molar-refractivity contribution in [3.05, 3.63) is 54.6 Å². The monoisotopic (exact) mass is 255 g/mol. The van der Waals surface area contributed by atoms with Crippen molar-refractivity contribution in [1.29, 1.82) is 0 Å². The lowest BCUT2D eigenvalue weighted by Crippen LogP contribution is -1.97. The van der Waals surface area contributed by atoms with Crippen LogP contribution in [-0.2, 0) is 6.54 Å². The van der Waals surface area contributed by atoms with Crippen molar-refractivity contribution in [2.24, 2.45) is 0 Å². The van der Waals surface area contributed by atoms with Crippen molar-refractivity contribution in [2.75, 3.05) is 6.61 Å². The third-order valence-corrected chi connectivity index (χ3v) is 3.12. The minimum atomic E-state index is 0.756. The molecular weight excluding hydrogens is 238 g/mol. The maximum Gasteiger partial charge on any atom is 0.123 e. The third kappa shape index (κ3) is 2.50. The number of ether oxygens (including phenoxy) is 1. The van der Waals surface area contributed by atoms with Crippen LogP contribution in [0.25, 0.3) is 10.9 Å². The lowest BCUT2D eigenvalue weighted by molar-refractivity contribution is 0.318. The summed E-state index contributed by atoms with van der Waals surface area (Å²) in [6, 6.07) is 12.2. The first-order valence-electron chi connectivity index (χ1n) is 6.61. The lowest BCUT2D eigenvalue weighted by Gasteiger charge is -2.06. The zero-order valence-electron chi connectivity index (χ0n) is 11.0. The van der Waals surface area contributed by atoms with Gasteiger partial charge in [0.1, 0.15) is 11.5 Å². The molecule has 0 saturated carbocycles. The summed E-state index contributed by atoms with van der Waals surface area (Å²) in [6.07, 6.45) is 4.81. The van der Waals surface area contributed by atoms with E-state index in [1.54, 1.807) is 6.26 Å². The van der Waals surface area contributed by atoms with E-state index in [-0.39, 0.29) is 0 Å². The second-order valence-corrected chi connectivity index (χ2v) is 4.59. The van der Waals surface area contributed by atoms with E-state index in [0.29, 0.717) is 0 Å². The van der Waals surface area contributed by atoms with Crippen LogP contribution in [0.15, 0.2) is 53.3 Å². The molecular formula is C16H17NO2. The molecule has 0 radical (unpaired) electrons. The van der Waals surface area contributed by atoms with Crippen LogP contribution in [-0.4, -0.2) is 11.2 Å². The maximum atomic E-state index is 5.65. The predicted molar refractivity (Wildman–Crippen MR) is 75.5 cm³/mol. The highest BCUT2D eigenvalue weighted by Gasteiger charge is 2.04. The molecule has 0 N–H and O–H groups in total. The standard InChI is InChI=1S/C16H17NO2/c1-2-9-18-14-5-6-16-13(11-14)7-8-17(16)12-15-4-3-10-19-15/h3-8,10-11H,2,9,12H2,1H3. The minimum Gasteiger partial charge on any atom is -0.494 e. The Balaban J connectivity index is 1.87. The molecule has 0 aliphatic rings. The van der Waals surface area contributed by atoms with Crippen LogP contribution < -0.4 is 4.74 Å². The fourth-order valence-electron chi connectivity index (χ4n) is 2.20. The van der Waals surface area contributed by atoms with Gasteiger partial charge in [-0.1, -0.05) is 6.92 Å². The molecule has 0 bridgehead atoms. The van der Waals surface area contributed by atoms with Crippen molar-refractivity contribution in [1.82, 2.24) is 4.57 Å². The molecule has 1 aromatic carbocycles. The zero-order chi connectivity index (χ0) is 13.1. The van der Waals surface area contributed by atoms with Crippen LogP contribution >= 0.6 is 0 Å². The highest BCUT2D eigenvalue weighted by molar-refractivity contribution is 5.81. The predicted octanol–water partition coefficient (Wildman–Crippen LogP) is 4.07. The summed E-state index contributed by atoms with van der Waals surface area (Å²) in [7, 11) is 0. The number of aromatic nitrogens is 1. The molecule has 0 spiro atoms. The third-order valence-electron chi connectivity index (χ3n) is 3.12. The molecule has 2 heterocycles. The minimum absolute atomic E-state index is 0.756. The van der Waals surface area contributed by atoms with Gasteiger partial charge in [-0.3, -0.25) is 0 Å². The van der Waals surface area contributed by atoms with Crippen LogP contribution in [0.4, 0.5) is 0 Å². The van der Waals surface area contributed by atoms with Crippen LogP contribution in [0, 0.1) is 0 Å². The van der Waals surface area contributed by atoms with Gasteiger partial charge in [-0.15, -0.1) is 0 Å². The Hall–Kier alpha value is -2.16. The number of hydrogen-bond acceptors (Lipinski definition) is 2. The van der Waals surface area contributed by atoms with Gasteiger partial charge in [-0.25, -0.2) is 0 Å². The van der Waals surface area contributed by atoms with Crippen molar-refractivity contribution in [3.63, 3.8) is 0 Å². The quantitative estimate of drug-likeness (QED) is 0.687. The molecule has 0 unspecified atom stereocenters. The average molecular weight is 255 g/mol. The molecule has 2 aromatic heterocycles. The van der Waals surface area contributed by atoms with Crippen LogP contribution in [0.3, 0.4) is 0 Å². The first-order valence-corrected chi connectivity index (χ1v) is 6.61. The van der Waals surface area contributed by atoms with E-state index in [9.17, 15) is 0 Å². The summed E-state index contributed by atoms with van der Waals surface area (Å²) in [5.74, 6) is 1.90. The molecule has 3 aromatic rings. The second-order valence-electron chi connectivity index (χ2n) is 4.59. The van der Waals surface area contributed by atoms with E-state index >= 15 is 0 Å². The van der Waals surface area contributed by atoms with Crippen molar-refractivity contribution in [3.8, 4) is 5.75 Å². The molecule has 0 amide bonds. The van der Waals surface area contributed by atoms with Gasteiger partial charge in [0.25, 0.3) is 0 Å². The molecule has 19 heavy (non-hydrogen) atoms. The van der Waals surface area contributed by atoms with Gasteiger partial charge >= 0.3 is 0 Å². The van der Waals surface area contributed by atoms with Gasteiger partial charge in [0.2, 0.25) is 0 Å². The van der Waals surface area contributed by atoms with Crippen molar-refractivity contribution >= 4 is 10.9 Å². The van der Waals surface area contributed by atoms with E-state index in [0.717, 1.165) is 31.1 Å². The first kappa shape index (κ1) is 11.9. The summed E-state index contributed by atoms with van der Waals surface area (Å²) in [6.45, 7) is 3.63. The Labute approximate surface area is 112 Å². The highest BCUT2D eigenvalue weighted by Crippen LogP contribution is 2.23. The number of benzene rings is 1. The summed E-state index contributed by atoms with van der Waals surface area (Å²) < 4.78 is 13.2. The Morgan fingerprint density at radius 2 is 2.16 bits per heavy atom. The van der Waals surface area contributed by atoms with Gasteiger partial charge in [-0.2, -0.15) is 0 Å². The van der Waals surface area contributed by atoms with Crippen LogP contribution in [0.1, 0.15) is 19.1 Å². The van der Waals surface area contributed by atoms with Gasteiger partial charge in [-0.05, 0) is 42.8 Å². The lowest BCUT2D eigenvalue weighted by atomic mass is 10.2. The smallest absolute Gasteiger partial charge is 0.123 e. The normalized spacial score (nSPS) is 11.0. The van der Waals surface area contributed by atoms with Crippen LogP contribution in [0.2, 0.25) is 0 Å². The molecule has 0 saturated heterocycles. The molecule has 3 nitrogen and oxygen atoms in total. The summed E-state index contributed by atoms with van der Waals surface area (Å²) in [5.41, 5.74) is 1.19. The number of furan rings is 1. The summed E-state index contributed by atoms with van der Waals surface area (Å²) in [5, 5.41) is 1.19. The Bertz CT molecular complexity index is 653. The molecule has 3 rings (SSSR count). The van der Waals surface area contributed by atoms with Crippen molar-refractivity contribution in [2.45, 2.75) is 19.9 Å². The van der Waals surface area contributed by atoms with E-state index in [4.69, 9.17) is 9.15 Å². The highest BCUT2D eigenvalue weighted by atomic mass is 16.5. The zero-order valence-corrected chi connectivity index (χ0v) is 11.0.